The van der Waals surface area contributed by atoms with E-state index in [0.29, 0.717) is 0 Å². The van der Waals surface area contributed by atoms with E-state index in [9.17, 15) is 0 Å². The Bertz CT molecular complexity index is 223. The van der Waals surface area contributed by atoms with E-state index in [1.807, 2.05) is 10.9 Å². The van der Waals surface area contributed by atoms with E-state index >= 15 is 0 Å². The number of hydrogen-bond donors (Lipinski definition) is 0. The normalized spacial score (nSPS) is 9.69. The van der Waals surface area contributed by atoms with E-state index < -0.39 is 0 Å². The lowest BCUT2D eigenvalue weighted by molar-refractivity contribution is 0.554. The van der Waals surface area contributed by atoms with E-state index in [2.05, 4.69) is 18.2 Å². The van der Waals surface area contributed by atoms with Crippen molar-refractivity contribution in [3.05, 3.63) is 18.0 Å². The molecule has 13 heavy (non-hydrogen) atoms. The second-order valence-electron chi connectivity index (χ2n) is 3.03. The summed E-state index contributed by atoms with van der Waals surface area (Å²) in [6.07, 6.45) is 7.44. The van der Waals surface area contributed by atoms with E-state index in [1.165, 1.54) is 18.4 Å². The van der Waals surface area contributed by atoms with Crippen LogP contribution in [0.5, 0.6) is 0 Å². The Morgan fingerprint density at radius 1 is 1.38 bits per heavy atom. The molecule has 0 atom stereocenters. The van der Waals surface area contributed by atoms with Crippen LogP contribution in [0, 0.1) is 6.92 Å². The lowest BCUT2D eigenvalue weighted by Crippen LogP contribution is -1.97. The molecule has 1 aromatic heterocycles. The molecule has 0 aromatic carbocycles. The minimum absolute atomic E-state index is 0. The van der Waals surface area contributed by atoms with Crippen molar-refractivity contribution in [2.24, 2.45) is 0 Å². The lowest BCUT2D eigenvalue weighted by atomic mass is 10.2. The van der Waals surface area contributed by atoms with Crippen molar-refractivity contribution in [1.82, 2.24) is 9.78 Å². The van der Waals surface area contributed by atoms with Crippen LogP contribution in [0.1, 0.15) is 24.8 Å². The number of halogens is 2. The first-order chi connectivity index (χ1) is 5.83. The zero-order chi connectivity index (χ0) is 8.81. The second kappa shape index (κ2) is 7.22. The van der Waals surface area contributed by atoms with Crippen molar-refractivity contribution < 1.29 is 0 Å². The maximum atomic E-state index is 5.56. The SMILES string of the molecule is Cc1cnn(CCCCCCl)c1.Cl. The van der Waals surface area contributed by atoms with Crippen molar-refractivity contribution in [2.75, 3.05) is 5.88 Å². The van der Waals surface area contributed by atoms with Gasteiger partial charge in [0.25, 0.3) is 0 Å². The van der Waals surface area contributed by atoms with Gasteiger partial charge in [-0.05, 0) is 25.3 Å². The maximum Gasteiger partial charge on any atom is 0.0518 e. The van der Waals surface area contributed by atoms with Crippen LogP contribution >= 0.6 is 24.0 Å². The van der Waals surface area contributed by atoms with Gasteiger partial charge < -0.3 is 0 Å². The third-order valence-electron chi connectivity index (χ3n) is 1.78. The van der Waals surface area contributed by atoms with Gasteiger partial charge in [-0.1, -0.05) is 6.42 Å². The largest absolute Gasteiger partial charge is 0.272 e. The third-order valence-corrected chi connectivity index (χ3v) is 2.05. The van der Waals surface area contributed by atoms with Gasteiger partial charge in [-0.15, -0.1) is 24.0 Å². The highest BCUT2D eigenvalue weighted by Crippen LogP contribution is 2.01. The molecule has 0 bridgehead atoms. The van der Waals surface area contributed by atoms with Crippen LogP contribution in [-0.4, -0.2) is 15.7 Å². The molecule has 0 aliphatic rings. The van der Waals surface area contributed by atoms with E-state index in [-0.39, 0.29) is 12.4 Å². The molecule has 1 rings (SSSR count). The second-order valence-corrected chi connectivity index (χ2v) is 3.41. The molecule has 0 fully saturated rings. The van der Waals surface area contributed by atoms with Crippen molar-refractivity contribution in [1.29, 1.82) is 0 Å². The molecule has 1 heterocycles. The molecule has 76 valence electrons. The minimum atomic E-state index is 0. The van der Waals surface area contributed by atoms with Gasteiger partial charge in [0, 0.05) is 18.6 Å². The summed E-state index contributed by atoms with van der Waals surface area (Å²) in [5, 5.41) is 4.20. The Morgan fingerprint density at radius 2 is 2.15 bits per heavy atom. The molecule has 0 amide bonds. The number of rotatable bonds is 5. The smallest absolute Gasteiger partial charge is 0.0518 e. The van der Waals surface area contributed by atoms with Crippen LogP contribution in [0.4, 0.5) is 0 Å². The average Bonchev–Trinajstić information content (AvgIpc) is 2.45. The number of hydrogen-bond acceptors (Lipinski definition) is 1. The van der Waals surface area contributed by atoms with E-state index in [4.69, 9.17) is 11.6 Å². The fraction of sp³-hybridized carbons (Fsp3) is 0.667. The third kappa shape index (κ3) is 5.17. The number of nitrogens with zero attached hydrogens (tertiary/aromatic N) is 2. The summed E-state index contributed by atoms with van der Waals surface area (Å²) in [4.78, 5) is 0. The lowest BCUT2D eigenvalue weighted by Gasteiger charge is -1.99. The zero-order valence-corrected chi connectivity index (χ0v) is 9.44. The predicted octanol–water partition coefficient (Wildman–Crippen LogP) is 3.02. The molecule has 0 unspecified atom stereocenters. The molecule has 0 aliphatic carbocycles. The first-order valence-corrected chi connectivity index (χ1v) is 4.91. The summed E-state index contributed by atoms with van der Waals surface area (Å²) in [6, 6.07) is 0. The van der Waals surface area contributed by atoms with Crippen LogP contribution in [0.15, 0.2) is 12.4 Å². The maximum absolute atomic E-state index is 5.56. The average molecular weight is 223 g/mol. The van der Waals surface area contributed by atoms with Crippen molar-refractivity contribution in [3.63, 3.8) is 0 Å². The van der Waals surface area contributed by atoms with Gasteiger partial charge >= 0.3 is 0 Å². The quantitative estimate of drug-likeness (QED) is 0.554. The molecule has 2 nitrogen and oxygen atoms in total. The summed E-state index contributed by atoms with van der Waals surface area (Å²) < 4.78 is 1.99. The van der Waals surface area contributed by atoms with E-state index in [0.717, 1.165) is 18.8 Å². The Labute approximate surface area is 90.7 Å². The Balaban J connectivity index is 0.00000144. The molecular weight excluding hydrogens is 207 g/mol. The summed E-state index contributed by atoms with van der Waals surface area (Å²) >= 11 is 5.56. The van der Waals surface area contributed by atoms with Crippen molar-refractivity contribution in [3.8, 4) is 0 Å². The van der Waals surface area contributed by atoms with Crippen LogP contribution in [0.3, 0.4) is 0 Å². The topological polar surface area (TPSA) is 17.8 Å². The Hall–Kier alpha value is -0.210. The van der Waals surface area contributed by atoms with Gasteiger partial charge in [-0.2, -0.15) is 5.10 Å². The minimum Gasteiger partial charge on any atom is -0.272 e. The molecule has 0 saturated carbocycles. The predicted molar refractivity (Wildman–Crippen MR) is 58.8 cm³/mol. The Kier molecular flexibility index (Phi) is 7.10. The molecule has 4 heteroatoms. The van der Waals surface area contributed by atoms with Crippen LogP contribution in [-0.2, 0) is 6.54 Å². The number of aryl methyl sites for hydroxylation is 2. The fourth-order valence-corrected chi connectivity index (χ4v) is 1.32. The summed E-state index contributed by atoms with van der Waals surface area (Å²) in [5.74, 6) is 0.776. The van der Waals surface area contributed by atoms with Gasteiger partial charge in [-0.25, -0.2) is 0 Å². The van der Waals surface area contributed by atoms with Crippen LogP contribution < -0.4 is 0 Å². The first kappa shape index (κ1) is 12.8. The summed E-state index contributed by atoms with van der Waals surface area (Å²) in [5.41, 5.74) is 1.23. The van der Waals surface area contributed by atoms with Crippen molar-refractivity contribution >= 4 is 24.0 Å². The molecule has 1 aromatic rings. The number of alkyl halides is 1. The van der Waals surface area contributed by atoms with Crippen LogP contribution in [0.25, 0.3) is 0 Å². The number of unbranched alkanes of at least 4 members (excludes halogenated alkanes) is 2. The Morgan fingerprint density at radius 3 is 2.69 bits per heavy atom. The van der Waals surface area contributed by atoms with E-state index in [1.54, 1.807) is 0 Å². The highest BCUT2D eigenvalue weighted by Gasteiger charge is 1.93. The molecular formula is C9H16Cl2N2. The fourth-order valence-electron chi connectivity index (χ4n) is 1.13. The highest BCUT2D eigenvalue weighted by molar-refractivity contribution is 6.17. The van der Waals surface area contributed by atoms with Gasteiger partial charge in [0.15, 0.2) is 0 Å². The summed E-state index contributed by atoms with van der Waals surface area (Å²) in [6.45, 7) is 3.08. The monoisotopic (exact) mass is 222 g/mol. The van der Waals surface area contributed by atoms with Gasteiger partial charge in [-0.3, -0.25) is 4.68 Å². The number of aromatic nitrogens is 2. The molecule has 0 N–H and O–H groups in total. The van der Waals surface area contributed by atoms with Gasteiger partial charge in [0.05, 0.1) is 6.20 Å². The van der Waals surface area contributed by atoms with Gasteiger partial charge in [0.1, 0.15) is 0 Å². The zero-order valence-electron chi connectivity index (χ0n) is 7.87. The molecule has 0 aliphatic heterocycles. The molecule has 0 radical (unpaired) electrons. The first-order valence-electron chi connectivity index (χ1n) is 4.38. The van der Waals surface area contributed by atoms with Crippen molar-refractivity contribution in [2.45, 2.75) is 32.7 Å². The molecule has 0 spiro atoms. The van der Waals surface area contributed by atoms with Gasteiger partial charge in [0.2, 0.25) is 0 Å². The molecule has 0 saturated heterocycles. The summed E-state index contributed by atoms with van der Waals surface area (Å²) in [7, 11) is 0. The standard InChI is InChI=1S/C9H15ClN2.ClH/c1-9-7-11-12(8-9)6-4-2-3-5-10;/h7-8H,2-6H2,1H3;1H. The highest BCUT2D eigenvalue weighted by atomic mass is 35.5. The van der Waals surface area contributed by atoms with Crippen LogP contribution in [0.2, 0.25) is 0 Å².